The van der Waals surface area contributed by atoms with Crippen LogP contribution in [-0.2, 0) is 0 Å². The molecule has 4 nitrogen and oxygen atoms in total. The molecule has 0 radical (unpaired) electrons. The van der Waals surface area contributed by atoms with Crippen LogP contribution in [0.4, 0.5) is 5.69 Å². The predicted octanol–water partition coefficient (Wildman–Crippen LogP) is 3.03. The molecule has 0 spiro atoms. The number of nitrogens with one attached hydrogen (secondary N) is 1. The number of hydrogen-bond acceptors (Lipinski definition) is 4. The van der Waals surface area contributed by atoms with E-state index >= 15 is 0 Å². The number of carbonyl (C=O) groups excluding carboxylic acids is 1. The van der Waals surface area contributed by atoms with Crippen molar-refractivity contribution in [3.8, 4) is 5.75 Å². The first-order valence-electron chi connectivity index (χ1n) is 5.89. The van der Waals surface area contributed by atoms with Gasteiger partial charge in [-0.3, -0.25) is 4.79 Å². The molecule has 1 aromatic heterocycles. The molecule has 1 atom stereocenters. The Hall–Kier alpha value is -2.01. The van der Waals surface area contributed by atoms with Gasteiger partial charge < -0.3 is 15.8 Å². The lowest BCUT2D eigenvalue weighted by Gasteiger charge is -2.17. The molecule has 0 fully saturated rings. The molecule has 0 saturated heterocycles. The highest BCUT2D eigenvalue weighted by atomic mass is 32.1. The van der Waals surface area contributed by atoms with E-state index in [-0.39, 0.29) is 6.04 Å². The topological polar surface area (TPSA) is 64.3 Å². The molecule has 1 amide bonds. The number of hydrogen-bond donors (Lipinski definition) is 2. The second-order valence-corrected chi connectivity index (χ2v) is 5.14. The van der Waals surface area contributed by atoms with Crippen LogP contribution >= 0.6 is 11.3 Å². The van der Waals surface area contributed by atoms with Crippen molar-refractivity contribution in [2.45, 2.75) is 13.0 Å². The zero-order chi connectivity index (χ0) is 13.8. The monoisotopic (exact) mass is 276 g/mol. The normalized spacial score (nSPS) is 11.9. The summed E-state index contributed by atoms with van der Waals surface area (Å²) in [7, 11) is 1.60. The summed E-state index contributed by atoms with van der Waals surface area (Å²) in [6.07, 6.45) is 0. The quantitative estimate of drug-likeness (QED) is 0.882. The fourth-order valence-corrected chi connectivity index (χ4v) is 2.55. The predicted molar refractivity (Wildman–Crippen MR) is 77.9 cm³/mol. The van der Waals surface area contributed by atoms with Gasteiger partial charge in [0.2, 0.25) is 5.91 Å². The van der Waals surface area contributed by atoms with Gasteiger partial charge in [0.15, 0.2) is 0 Å². The third-order valence-corrected chi connectivity index (χ3v) is 3.88. The standard InChI is InChI=1S/C14H16N2O2S/c1-9(13-4-3-7-19-13)16-11-8-10(14(15)17)5-6-12(11)18-2/h3-9,16H,1-2H3,(H2,15,17). The van der Waals surface area contributed by atoms with E-state index in [9.17, 15) is 4.79 Å². The van der Waals surface area contributed by atoms with Gasteiger partial charge in [-0.15, -0.1) is 11.3 Å². The summed E-state index contributed by atoms with van der Waals surface area (Å²) in [6.45, 7) is 2.06. The van der Waals surface area contributed by atoms with E-state index in [1.807, 2.05) is 11.4 Å². The summed E-state index contributed by atoms with van der Waals surface area (Å²) < 4.78 is 5.29. The minimum absolute atomic E-state index is 0.136. The molecule has 100 valence electrons. The molecule has 3 N–H and O–H groups in total. The van der Waals surface area contributed by atoms with Crippen LogP contribution < -0.4 is 15.8 Å². The van der Waals surface area contributed by atoms with Gasteiger partial charge in [0, 0.05) is 10.4 Å². The second kappa shape index (κ2) is 5.75. The summed E-state index contributed by atoms with van der Waals surface area (Å²) in [5.41, 5.74) is 6.52. The molecule has 1 unspecified atom stereocenters. The lowest BCUT2D eigenvalue weighted by molar-refractivity contribution is 0.100. The largest absolute Gasteiger partial charge is 0.495 e. The van der Waals surface area contributed by atoms with Crippen molar-refractivity contribution >= 4 is 22.9 Å². The molecule has 0 bridgehead atoms. The van der Waals surface area contributed by atoms with Gasteiger partial charge in [-0.1, -0.05) is 6.07 Å². The molecule has 0 aliphatic carbocycles. The zero-order valence-electron chi connectivity index (χ0n) is 10.8. The van der Waals surface area contributed by atoms with Crippen LogP contribution in [0.2, 0.25) is 0 Å². The average Bonchev–Trinajstić information content (AvgIpc) is 2.92. The molecule has 0 aliphatic heterocycles. The molecule has 1 heterocycles. The molecule has 2 rings (SSSR count). The Bertz CT molecular complexity index is 567. The van der Waals surface area contributed by atoms with Crippen LogP contribution in [0.15, 0.2) is 35.7 Å². The van der Waals surface area contributed by atoms with Crippen molar-refractivity contribution in [1.82, 2.24) is 0 Å². The van der Waals surface area contributed by atoms with Crippen molar-refractivity contribution in [2.75, 3.05) is 12.4 Å². The van der Waals surface area contributed by atoms with Crippen LogP contribution in [0.25, 0.3) is 0 Å². The van der Waals surface area contributed by atoms with Gasteiger partial charge in [0.05, 0.1) is 18.8 Å². The Morgan fingerprint density at radius 1 is 1.42 bits per heavy atom. The van der Waals surface area contributed by atoms with E-state index in [0.717, 1.165) is 5.69 Å². The van der Waals surface area contributed by atoms with Gasteiger partial charge in [-0.05, 0) is 36.6 Å². The summed E-state index contributed by atoms with van der Waals surface area (Å²) in [5, 5.41) is 5.37. The molecule has 19 heavy (non-hydrogen) atoms. The van der Waals surface area contributed by atoms with Gasteiger partial charge in [0.1, 0.15) is 5.75 Å². The van der Waals surface area contributed by atoms with Crippen LogP contribution in [0.3, 0.4) is 0 Å². The number of anilines is 1. The number of amides is 1. The Morgan fingerprint density at radius 3 is 2.79 bits per heavy atom. The Labute approximate surface area is 116 Å². The molecular formula is C14H16N2O2S. The van der Waals surface area contributed by atoms with Gasteiger partial charge in [-0.25, -0.2) is 0 Å². The Balaban J connectivity index is 2.27. The van der Waals surface area contributed by atoms with E-state index in [4.69, 9.17) is 10.5 Å². The van der Waals surface area contributed by atoms with Crippen molar-refractivity contribution in [2.24, 2.45) is 5.73 Å². The van der Waals surface area contributed by atoms with Crippen LogP contribution in [-0.4, -0.2) is 13.0 Å². The minimum Gasteiger partial charge on any atom is -0.495 e. The second-order valence-electron chi connectivity index (χ2n) is 4.16. The smallest absolute Gasteiger partial charge is 0.248 e. The summed E-state index contributed by atoms with van der Waals surface area (Å²) >= 11 is 1.68. The number of benzene rings is 1. The number of rotatable bonds is 5. The highest BCUT2D eigenvalue weighted by Crippen LogP contribution is 2.30. The molecule has 1 aromatic carbocycles. The SMILES string of the molecule is COc1ccc(C(N)=O)cc1NC(C)c1cccs1. The third-order valence-electron chi connectivity index (χ3n) is 2.83. The first kappa shape index (κ1) is 13.4. The van der Waals surface area contributed by atoms with Gasteiger partial charge >= 0.3 is 0 Å². The van der Waals surface area contributed by atoms with E-state index < -0.39 is 5.91 Å². The van der Waals surface area contributed by atoms with Crippen molar-refractivity contribution in [3.63, 3.8) is 0 Å². The van der Waals surface area contributed by atoms with E-state index in [2.05, 4.69) is 18.3 Å². The van der Waals surface area contributed by atoms with Crippen LogP contribution in [0.5, 0.6) is 5.75 Å². The maximum absolute atomic E-state index is 11.2. The van der Waals surface area contributed by atoms with E-state index in [1.165, 1.54) is 4.88 Å². The van der Waals surface area contributed by atoms with Gasteiger partial charge in [-0.2, -0.15) is 0 Å². The first-order valence-corrected chi connectivity index (χ1v) is 6.77. The number of thiophene rings is 1. The number of nitrogens with two attached hydrogens (primary N) is 1. The third kappa shape index (κ3) is 3.06. The van der Waals surface area contributed by atoms with Crippen molar-refractivity contribution in [3.05, 3.63) is 46.2 Å². The highest BCUT2D eigenvalue weighted by Gasteiger charge is 2.12. The average molecular weight is 276 g/mol. The van der Waals surface area contributed by atoms with Crippen LogP contribution in [0.1, 0.15) is 28.2 Å². The van der Waals surface area contributed by atoms with E-state index in [0.29, 0.717) is 11.3 Å². The number of ether oxygens (including phenoxy) is 1. The fraction of sp³-hybridized carbons (Fsp3) is 0.214. The maximum Gasteiger partial charge on any atom is 0.248 e. The molecule has 2 aromatic rings. The number of primary amides is 1. The van der Waals surface area contributed by atoms with Crippen molar-refractivity contribution < 1.29 is 9.53 Å². The summed E-state index contributed by atoms with van der Waals surface area (Å²) in [4.78, 5) is 12.4. The van der Waals surface area contributed by atoms with Crippen LogP contribution in [0, 0.1) is 0 Å². The summed E-state index contributed by atoms with van der Waals surface area (Å²) in [6, 6.07) is 9.32. The summed E-state index contributed by atoms with van der Waals surface area (Å²) in [5.74, 6) is 0.239. The zero-order valence-corrected chi connectivity index (χ0v) is 11.7. The van der Waals surface area contributed by atoms with Crippen molar-refractivity contribution in [1.29, 1.82) is 0 Å². The minimum atomic E-state index is -0.450. The Morgan fingerprint density at radius 2 is 2.21 bits per heavy atom. The van der Waals surface area contributed by atoms with Gasteiger partial charge in [0.25, 0.3) is 0 Å². The lowest BCUT2D eigenvalue weighted by atomic mass is 10.1. The maximum atomic E-state index is 11.2. The first-order chi connectivity index (χ1) is 9.11. The highest BCUT2D eigenvalue weighted by molar-refractivity contribution is 7.10. The fourth-order valence-electron chi connectivity index (χ4n) is 1.82. The number of methoxy groups -OCH3 is 1. The molecular weight excluding hydrogens is 260 g/mol. The number of carbonyl (C=O) groups is 1. The lowest BCUT2D eigenvalue weighted by Crippen LogP contribution is -2.12. The Kier molecular flexibility index (Phi) is 4.06. The molecule has 5 heteroatoms. The molecule has 0 saturated carbocycles. The van der Waals surface area contributed by atoms with E-state index in [1.54, 1.807) is 36.6 Å². The molecule has 0 aliphatic rings.